The Kier molecular flexibility index (Phi) is 3.77. The van der Waals surface area contributed by atoms with Gasteiger partial charge in [-0.05, 0) is 49.6 Å². The molecule has 3 N–H and O–H groups in total. The summed E-state index contributed by atoms with van der Waals surface area (Å²) >= 11 is 0. The van der Waals surface area contributed by atoms with Crippen LogP contribution in [0.1, 0.15) is 43.2 Å². The molecule has 0 aliphatic heterocycles. The van der Waals surface area contributed by atoms with Crippen LogP contribution in [0.2, 0.25) is 0 Å². The Bertz CT molecular complexity index is 1020. The number of hydrogen-bond donors (Lipinski definition) is 2. The fourth-order valence-corrected chi connectivity index (χ4v) is 3.33. The van der Waals surface area contributed by atoms with E-state index in [2.05, 4.69) is 10.3 Å². The molecular formula is C18H19N3O3S. The Morgan fingerprint density at radius 2 is 1.92 bits per heavy atom. The zero-order valence-electron chi connectivity index (χ0n) is 13.8. The Balaban J connectivity index is 1.53. The summed E-state index contributed by atoms with van der Waals surface area (Å²) in [5, 5.41) is 8.52. The van der Waals surface area contributed by atoms with Crippen LogP contribution in [0.25, 0.3) is 11.1 Å². The van der Waals surface area contributed by atoms with Crippen LogP contribution in [0, 0.1) is 0 Å². The number of benzene rings is 2. The normalized spacial score (nSPS) is 16.1. The summed E-state index contributed by atoms with van der Waals surface area (Å²) in [5.41, 5.74) is 3.54. The fourth-order valence-electron chi connectivity index (χ4n) is 2.82. The molecule has 1 heterocycles. The highest BCUT2D eigenvalue weighted by Crippen LogP contribution is 2.40. The quantitative estimate of drug-likeness (QED) is 0.728. The molecule has 1 unspecified atom stereocenters. The maximum Gasteiger partial charge on any atom is 0.238 e. The van der Waals surface area contributed by atoms with Gasteiger partial charge in [-0.2, -0.15) is 0 Å². The van der Waals surface area contributed by atoms with E-state index >= 15 is 0 Å². The van der Waals surface area contributed by atoms with Crippen molar-refractivity contribution in [1.29, 1.82) is 0 Å². The number of oxazole rings is 1. The Morgan fingerprint density at radius 1 is 1.20 bits per heavy atom. The van der Waals surface area contributed by atoms with Crippen LogP contribution in [0.15, 0.2) is 51.8 Å². The molecule has 1 fully saturated rings. The van der Waals surface area contributed by atoms with Crippen LogP contribution in [0.4, 0.5) is 5.69 Å². The molecule has 0 radical (unpaired) electrons. The molecule has 25 heavy (non-hydrogen) atoms. The molecule has 6 nitrogen and oxygen atoms in total. The summed E-state index contributed by atoms with van der Waals surface area (Å²) < 4.78 is 28.5. The lowest BCUT2D eigenvalue weighted by molar-refractivity contribution is 0.533. The average Bonchev–Trinajstić information content (AvgIpc) is 3.34. The van der Waals surface area contributed by atoms with Gasteiger partial charge in [0.15, 0.2) is 11.5 Å². The third-order valence-corrected chi connectivity index (χ3v) is 5.35. The van der Waals surface area contributed by atoms with Gasteiger partial charge in [-0.1, -0.05) is 12.1 Å². The molecule has 7 heteroatoms. The van der Waals surface area contributed by atoms with Gasteiger partial charge in [-0.3, -0.25) is 0 Å². The summed E-state index contributed by atoms with van der Waals surface area (Å²) in [6.07, 6.45) is 2.31. The molecule has 1 atom stereocenters. The first-order valence-electron chi connectivity index (χ1n) is 8.20. The number of rotatable bonds is 5. The highest BCUT2D eigenvalue weighted by molar-refractivity contribution is 7.89. The predicted octanol–water partition coefficient (Wildman–Crippen LogP) is 3.53. The van der Waals surface area contributed by atoms with Crippen LogP contribution in [-0.4, -0.2) is 13.4 Å². The van der Waals surface area contributed by atoms with E-state index in [4.69, 9.17) is 9.56 Å². The molecule has 1 aromatic heterocycles. The SMILES string of the molecule is CC(Nc1ccc2nc(C3CC3)oc2c1)c1ccc(S(N)(=O)=O)cc1. The number of nitrogens with two attached hydrogens (primary N) is 1. The molecule has 130 valence electrons. The van der Waals surface area contributed by atoms with Crippen molar-refractivity contribution in [3.63, 3.8) is 0 Å². The summed E-state index contributed by atoms with van der Waals surface area (Å²) in [6, 6.07) is 12.4. The van der Waals surface area contributed by atoms with E-state index in [1.54, 1.807) is 12.1 Å². The van der Waals surface area contributed by atoms with Crippen LogP contribution < -0.4 is 10.5 Å². The standard InChI is InChI=1S/C18H19N3O3S/c1-11(12-4-7-15(8-5-12)25(19,22)23)20-14-6-9-16-17(10-14)24-18(21-16)13-2-3-13/h4-11,13,20H,2-3H2,1H3,(H2,19,22,23). The zero-order valence-corrected chi connectivity index (χ0v) is 14.6. The third kappa shape index (κ3) is 3.38. The second-order valence-electron chi connectivity index (χ2n) is 6.49. The van der Waals surface area contributed by atoms with Gasteiger partial charge < -0.3 is 9.73 Å². The van der Waals surface area contributed by atoms with E-state index in [1.807, 2.05) is 25.1 Å². The lowest BCUT2D eigenvalue weighted by Crippen LogP contribution is -2.12. The van der Waals surface area contributed by atoms with Crippen molar-refractivity contribution in [3.8, 4) is 0 Å². The Hall–Kier alpha value is -2.38. The second kappa shape index (κ2) is 5.86. The van der Waals surface area contributed by atoms with Crippen molar-refractivity contribution >= 4 is 26.8 Å². The maximum absolute atomic E-state index is 11.3. The number of anilines is 1. The van der Waals surface area contributed by atoms with Crippen LogP contribution in [0.5, 0.6) is 0 Å². The second-order valence-corrected chi connectivity index (χ2v) is 8.05. The molecule has 0 amide bonds. The third-order valence-electron chi connectivity index (χ3n) is 4.42. The molecule has 0 spiro atoms. The number of aromatic nitrogens is 1. The smallest absolute Gasteiger partial charge is 0.238 e. The summed E-state index contributed by atoms with van der Waals surface area (Å²) in [4.78, 5) is 4.63. The van der Waals surface area contributed by atoms with Crippen LogP contribution >= 0.6 is 0 Å². The molecule has 4 rings (SSSR count). The van der Waals surface area contributed by atoms with Crippen molar-refractivity contribution < 1.29 is 12.8 Å². The minimum atomic E-state index is -3.67. The van der Waals surface area contributed by atoms with Crippen LogP contribution in [0.3, 0.4) is 0 Å². The number of primary sulfonamides is 1. The first-order valence-corrected chi connectivity index (χ1v) is 9.74. The van der Waals surface area contributed by atoms with E-state index in [0.717, 1.165) is 41.1 Å². The lowest BCUT2D eigenvalue weighted by Gasteiger charge is -2.16. The number of hydrogen-bond acceptors (Lipinski definition) is 5. The predicted molar refractivity (Wildman–Crippen MR) is 95.8 cm³/mol. The van der Waals surface area contributed by atoms with Gasteiger partial charge in [-0.15, -0.1) is 0 Å². The van der Waals surface area contributed by atoms with Crippen molar-refractivity contribution in [1.82, 2.24) is 4.98 Å². The molecule has 3 aromatic rings. The van der Waals surface area contributed by atoms with Gasteiger partial charge >= 0.3 is 0 Å². The van der Waals surface area contributed by atoms with E-state index in [1.165, 1.54) is 12.1 Å². The minimum Gasteiger partial charge on any atom is -0.440 e. The first kappa shape index (κ1) is 16.1. The van der Waals surface area contributed by atoms with Gasteiger partial charge in [0, 0.05) is 23.7 Å². The fraction of sp³-hybridized carbons (Fsp3) is 0.278. The van der Waals surface area contributed by atoms with Crippen molar-refractivity contribution in [2.75, 3.05) is 5.32 Å². The average molecular weight is 357 g/mol. The topological polar surface area (TPSA) is 98.2 Å². The van der Waals surface area contributed by atoms with Gasteiger partial charge in [-0.25, -0.2) is 18.5 Å². The minimum absolute atomic E-state index is 0.00203. The van der Waals surface area contributed by atoms with Crippen molar-refractivity contribution in [3.05, 3.63) is 53.9 Å². The molecule has 1 aliphatic carbocycles. The number of sulfonamides is 1. The summed E-state index contributed by atoms with van der Waals surface area (Å²) in [7, 11) is -3.67. The van der Waals surface area contributed by atoms with Gasteiger partial charge in [0.2, 0.25) is 10.0 Å². The van der Waals surface area contributed by atoms with Gasteiger partial charge in [0.25, 0.3) is 0 Å². The summed E-state index contributed by atoms with van der Waals surface area (Å²) in [6.45, 7) is 2.01. The first-order chi connectivity index (χ1) is 11.9. The highest BCUT2D eigenvalue weighted by atomic mass is 32.2. The highest BCUT2D eigenvalue weighted by Gasteiger charge is 2.28. The number of nitrogens with one attached hydrogen (secondary N) is 1. The van der Waals surface area contributed by atoms with Crippen LogP contribution in [-0.2, 0) is 10.0 Å². The monoisotopic (exact) mass is 357 g/mol. The van der Waals surface area contributed by atoms with E-state index in [0.29, 0.717) is 5.92 Å². The van der Waals surface area contributed by atoms with Crippen molar-refractivity contribution in [2.24, 2.45) is 5.14 Å². The molecular weight excluding hydrogens is 338 g/mol. The lowest BCUT2D eigenvalue weighted by atomic mass is 10.1. The molecule has 0 saturated heterocycles. The van der Waals surface area contributed by atoms with E-state index < -0.39 is 10.0 Å². The van der Waals surface area contributed by atoms with Gasteiger partial charge in [0.1, 0.15) is 5.52 Å². The number of nitrogens with zero attached hydrogens (tertiary/aromatic N) is 1. The molecule has 0 bridgehead atoms. The van der Waals surface area contributed by atoms with Crippen molar-refractivity contribution in [2.45, 2.75) is 36.6 Å². The Morgan fingerprint density at radius 3 is 2.56 bits per heavy atom. The Labute approximate surface area is 146 Å². The van der Waals surface area contributed by atoms with Gasteiger partial charge in [0.05, 0.1) is 4.90 Å². The molecule has 1 aliphatic rings. The zero-order chi connectivity index (χ0) is 17.6. The summed E-state index contributed by atoms with van der Waals surface area (Å²) in [5.74, 6) is 1.32. The molecule has 1 saturated carbocycles. The number of fused-ring (bicyclic) bond motifs is 1. The maximum atomic E-state index is 11.3. The van der Waals surface area contributed by atoms with E-state index in [-0.39, 0.29) is 10.9 Å². The largest absolute Gasteiger partial charge is 0.440 e. The molecule has 2 aromatic carbocycles. The van der Waals surface area contributed by atoms with E-state index in [9.17, 15) is 8.42 Å².